The Morgan fingerprint density at radius 2 is 2.00 bits per heavy atom. The lowest BCUT2D eigenvalue weighted by atomic mass is 10.00. The topological polar surface area (TPSA) is 66.9 Å². The zero-order valence-electron chi connectivity index (χ0n) is 15.3. The molecular weight excluding hydrogens is 360 g/mol. The second kappa shape index (κ2) is 7.16. The van der Waals surface area contributed by atoms with E-state index in [-0.39, 0.29) is 11.9 Å². The number of nitrogens with zero attached hydrogens (tertiary/aromatic N) is 2. The summed E-state index contributed by atoms with van der Waals surface area (Å²) < 4.78 is 0. The van der Waals surface area contributed by atoms with Crippen LogP contribution in [-0.4, -0.2) is 28.2 Å². The van der Waals surface area contributed by atoms with Crippen molar-refractivity contribution in [3.8, 4) is 11.1 Å². The Morgan fingerprint density at radius 3 is 2.74 bits per heavy atom. The minimum Gasteiger partial charge on any atom is -0.366 e. The van der Waals surface area contributed by atoms with Gasteiger partial charge < -0.3 is 10.6 Å². The van der Waals surface area contributed by atoms with Crippen molar-refractivity contribution in [3.05, 3.63) is 53.2 Å². The molecule has 5 nitrogen and oxygen atoms in total. The molecule has 1 aliphatic carbocycles. The van der Waals surface area contributed by atoms with Crippen LogP contribution in [0.1, 0.15) is 37.0 Å². The molecule has 1 amide bonds. The molecule has 0 atom stereocenters. The maximum Gasteiger partial charge on any atom is 0.251 e. The minimum absolute atomic E-state index is 0.0505. The summed E-state index contributed by atoms with van der Waals surface area (Å²) in [5.41, 5.74) is 2.39. The Balaban J connectivity index is 1.72. The molecule has 1 aliphatic rings. The van der Waals surface area contributed by atoms with E-state index >= 15 is 0 Å². The van der Waals surface area contributed by atoms with Gasteiger partial charge in [0.25, 0.3) is 5.91 Å². The van der Waals surface area contributed by atoms with Gasteiger partial charge in [0.05, 0.1) is 6.20 Å². The van der Waals surface area contributed by atoms with Crippen LogP contribution in [0.3, 0.4) is 0 Å². The first-order chi connectivity index (χ1) is 13.0. The van der Waals surface area contributed by atoms with E-state index in [1.807, 2.05) is 24.3 Å². The normalized spacial score (nSPS) is 13.8. The van der Waals surface area contributed by atoms with Gasteiger partial charge in [0.2, 0.25) is 0 Å². The van der Waals surface area contributed by atoms with Crippen molar-refractivity contribution in [3.63, 3.8) is 0 Å². The molecule has 1 fully saturated rings. The zero-order valence-corrected chi connectivity index (χ0v) is 16.0. The Hall–Kier alpha value is -2.66. The molecule has 0 radical (unpaired) electrons. The molecule has 4 rings (SSSR count). The fourth-order valence-corrected chi connectivity index (χ4v) is 3.25. The number of amides is 1. The van der Waals surface area contributed by atoms with E-state index in [2.05, 4.69) is 34.7 Å². The van der Waals surface area contributed by atoms with Crippen LogP contribution in [0.4, 0.5) is 5.82 Å². The molecule has 3 aromatic rings. The van der Waals surface area contributed by atoms with Gasteiger partial charge in [-0.3, -0.25) is 4.79 Å². The number of carbonyl (C=O) groups is 1. The van der Waals surface area contributed by atoms with Crippen LogP contribution < -0.4 is 10.6 Å². The summed E-state index contributed by atoms with van der Waals surface area (Å²) in [5.74, 6) is 0.711. The quantitative estimate of drug-likeness (QED) is 0.675. The summed E-state index contributed by atoms with van der Waals surface area (Å²) in [5, 5.41) is 17.2. The highest BCUT2D eigenvalue weighted by Gasteiger charge is 2.24. The van der Waals surface area contributed by atoms with Gasteiger partial charge in [0.1, 0.15) is 0 Å². The monoisotopic (exact) mass is 380 g/mol. The van der Waals surface area contributed by atoms with Crippen molar-refractivity contribution in [1.82, 2.24) is 15.5 Å². The highest BCUT2D eigenvalue weighted by atomic mass is 35.5. The van der Waals surface area contributed by atoms with E-state index in [1.54, 1.807) is 18.3 Å². The van der Waals surface area contributed by atoms with Crippen molar-refractivity contribution < 1.29 is 4.79 Å². The van der Waals surface area contributed by atoms with Crippen molar-refractivity contribution >= 4 is 34.1 Å². The van der Waals surface area contributed by atoms with E-state index < -0.39 is 0 Å². The first kappa shape index (κ1) is 17.7. The lowest BCUT2D eigenvalue weighted by molar-refractivity contribution is 0.0951. The number of benzene rings is 2. The third-order valence-corrected chi connectivity index (χ3v) is 4.87. The van der Waals surface area contributed by atoms with Gasteiger partial charge in [-0.1, -0.05) is 17.7 Å². The van der Waals surface area contributed by atoms with Gasteiger partial charge in [-0.15, -0.1) is 5.10 Å². The molecule has 0 spiro atoms. The molecule has 1 heterocycles. The molecule has 1 saturated carbocycles. The molecule has 6 heteroatoms. The average Bonchev–Trinajstić information content (AvgIpc) is 3.45. The number of halogens is 1. The smallest absolute Gasteiger partial charge is 0.251 e. The number of hydrogen-bond acceptors (Lipinski definition) is 4. The maximum atomic E-state index is 12.4. The van der Waals surface area contributed by atoms with Crippen molar-refractivity contribution in [2.24, 2.45) is 0 Å². The Morgan fingerprint density at radius 1 is 1.19 bits per heavy atom. The van der Waals surface area contributed by atoms with Crippen LogP contribution in [0.15, 0.2) is 42.6 Å². The second-order valence-corrected chi connectivity index (χ2v) is 7.64. The largest absolute Gasteiger partial charge is 0.366 e. The minimum atomic E-state index is -0.0505. The van der Waals surface area contributed by atoms with Crippen molar-refractivity contribution in [2.45, 2.75) is 38.8 Å². The summed E-state index contributed by atoms with van der Waals surface area (Å²) in [6, 6.07) is 12.0. The van der Waals surface area contributed by atoms with Crippen LogP contribution in [0, 0.1) is 0 Å². The van der Waals surface area contributed by atoms with E-state index in [4.69, 9.17) is 11.6 Å². The number of anilines is 1. The van der Waals surface area contributed by atoms with Crippen molar-refractivity contribution in [2.75, 3.05) is 5.32 Å². The van der Waals surface area contributed by atoms with Gasteiger partial charge in [0.15, 0.2) is 5.82 Å². The highest BCUT2D eigenvalue weighted by molar-refractivity contribution is 6.33. The molecule has 138 valence electrons. The summed E-state index contributed by atoms with van der Waals surface area (Å²) in [4.78, 5) is 12.4. The Kier molecular flexibility index (Phi) is 4.70. The maximum absolute atomic E-state index is 12.4. The van der Waals surface area contributed by atoms with Crippen LogP contribution in [0.5, 0.6) is 0 Å². The molecule has 1 aromatic heterocycles. The molecule has 0 unspecified atom stereocenters. The first-order valence-corrected chi connectivity index (χ1v) is 9.52. The lowest BCUT2D eigenvalue weighted by Gasteiger charge is -2.12. The number of nitrogens with one attached hydrogen (secondary N) is 2. The fourth-order valence-electron chi connectivity index (χ4n) is 3.02. The van der Waals surface area contributed by atoms with E-state index in [1.165, 1.54) is 0 Å². The van der Waals surface area contributed by atoms with E-state index in [9.17, 15) is 4.79 Å². The summed E-state index contributed by atoms with van der Waals surface area (Å²) in [6.45, 7) is 4.12. The summed E-state index contributed by atoms with van der Waals surface area (Å²) in [6.07, 6.45) is 3.86. The molecular formula is C21H21ClN4O. The lowest BCUT2D eigenvalue weighted by Crippen LogP contribution is -2.25. The average molecular weight is 381 g/mol. The SMILES string of the molecule is CC(C)Nc1nncc2cc(-c3cc(C(=O)NC4CC4)ccc3Cl)ccc12. The van der Waals surface area contributed by atoms with Gasteiger partial charge in [0, 0.05) is 39.0 Å². The Bertz CT molecular complexity index is 1010. The van der Waals surface area contributed by atoms with Crippen LogP contribution >= 0.6 is 11.6 Å². The zero-order chi connectivity index (χ0) is 19.0. The standard InChI is InChI=1S/C21H21ClN4O/c1-12(2)24-20-17-7-3-13(9-15(17)11-23-26-20)18-10-14(4-8-19(18)22)21(27)25-16-5-6-16/h3-4,7-12,16H,5-6H2,1-2H3,(H,24,26)(H,25,27). The summed E-state index contributed by atoms with van der Waals surface area (Å²) >= 11 is 6.43. The van der Waals surface area contributed by atoms with Crippen LogP contribution in [0.2, 0.25) is 5.02 Å². The van der Waals surface area contributed by atoms with Crippen molar-refractivity contribution in [1.29, 1.82) is 0 Å². The van der Waals surface area contributed by atoms with E-state index in [0.717, 1.165) is 40.6 Å². The fraction of sp³-hybridized carbons (Fsp3) is 0.286. The number of aromatic nitrogens is 2. The van der Waals surface area contributed by atoms with Gasteiger partial charge in [-0.2, -0.15) is 5.10 Å². The van der Waals surface area contributed by atoms with Gasteiger partial charge >= 0.3 is 0 Å². The predicted octanol–water partition coefficient (Wildman–Crippen LogP) is 4.66. The summed E-state index contributed by atoms with van der Waals surface area (Å²) in [7, 11) is 0. The number of carbonyl (C=O) groups excluding carboxylic acids is 1. The highest BCUT2D eigenvalue weighted by Crippen LogP contribution is 2.32. The number of rotatable bonds is 5. The van der Waals surface area contributed by atoms with Gasteiger partial charge in [-0.05, 0) is 62.6 Å². The Labute approximate surface area is 163 Å². The molecule has 0 aliphatic heterocycles. The van der Waals surface area contributed by atoms with Gasteiger partial charge in [-0.25, -0.2) is 0 Å². The molecule has 2 N–H and O–H groups in total. The molecule has 0 saturated heterocycles. The predicted molar refractivity (Wildman–Crippen MR) is 109 cm³/mol. The number of fused-ring (bicyclic) bond motifs is 1. The van der Waals surface area contributed by atoms with Crippen LogP contribution in [-0.2, 0) is 0 Å². The molecule has 27 heavy (non-hydrogen) atoms. The van der Waals surface area contributed by atoms with E-state index in [0.29, 0.717) is 16.6 Å². The second-order valence-electron chi connectivity index (χ2n) is 7.24. The molecule has 2 aromatic carbocycles. The molecule has 0 bridgehead atoms. The third kappa shape index (κ3) is 3.88. The van der Waals surface area contributed by atoms with Crippen LogP contribution in [0.25, 0.3) is 21.9 Å². The number of hydrogen-bond donors (Lipinski definition) is 2. The third-order valence-electron chi connectivity index (χ3n) is 4.54. The first-order valence-electron chi connectivity index (χ1n) is 9.14.